The number of carbonyl (C=O) groups is 1. The van der Waals surface area contributed by atoms with Crippen LogP contribution >= 0.6 is 0 Å². The van der Waals surface area contributed by atoms with E-state index in [0.717, 1.165) is 27.7 Å². The summed E-state index contributed by atoms with van der Waals surface area (Å²) in [7, 11) is 0. The van der Waals surface area contributed by atoms with Crippen molar-refractivity contribution in [3.63, 3.8) is 0 Å². The molecular weight excluding hydrogens is 304 g/mol. The molecular formula is C17H16N6O. The smallest absolute Gasteiger partial charge is 0.250 e. The summed E-state index contributed by atoms with van der Waals surface area (Å²) >= 11 is 0. The van der Waals surface area contributed by atoms with E-state index in [-0.39, 0.29) is 0 Å². The van der Waals surface area contributed by atoms with E-state index in [4.69, 9.17) is 11.6 Å². The maximum Gasteiger partial charge on any atom is 0.250 e. The molecule has 3 aromatic heterocycles. The van der Waals surface area contributed by atoms with Crippen LogP contribution in [0, 0.1) is 0 Å². The van der Waals surface area contributed by atoms with Crippen molar-refractivity contribution in [2.75, 3.05) is 0 Å². The molecule has 0 aromatic carbocycles. The third kappa shape index (κ3) is 2.75. The van der Waals surface area contributed by atoms with Gasteiger partial charge in [-0.25, -0.2) is 4.98 Å². The van der Waals surface area contributed by atoms with Crippen molar-refractivity contribution in [1.29, 1.82) is 0 Å². The van der Waals surface area contributed by atoms with Crippen LogP contribution in [0.2, 0.25) is 0 Å². The summed E-state index contributed by atoms with van der Waals surface area (Å²) in [5.74, 6) is 5.06. The zero-order valence-electron chi connectivity index (χ0n) is 12.8. The van der Waals surface area contributed by atoms with Crippen LogP contribution in [0.4, 0.5) is 0 Å². The lowest BCUT2D eigenvalue weighted by molar-refractivity contribution is 0.1000. The van der Waals surface area contributed by atoms with Gasteiger partial charge in [0.15, 0.2) is 0 Å². The molecule has 0 fully saturated rings. The normalized spacial score (nSPS) is 11.5. The number of H-pyrrole nitrogens is 1. The third-order valence-electron chi connectivity index (χ3n) is 3.62. The van der Waals surface area contributed by atoms with E-state index in [1.165, 1.54) is 6.20 Å². The maximum absolute atomic E-state index is 11.3. The minimum atomic E-state index is -0.524. The third-order valence-corrected chi connectivity index (χ3v) is 3.62. The average Bonchev–Trinajstić information content (AvgIpc) is 3.02. The fraction of sp³-hybridized carbons (Fsp3) is 0. The van der Waals surface area contributed by atoms with Crippen LogP contribution in [-0.2, 0) is 0 Å². The van der Waals surface area contributed by atoms with E-state index in [9.17, 15) is 4.79 Å². The molecule has 0 saturated heterocycles. The molecule has 3 rings (SSSR count). The van der Waals surface area contributed by atoms with Gasteiger partial charge in [-0.15, -0.1) is 0 Å². The zero-order chi connectivity index (χ0) is 17.1. The largest absolute Gasteiger partial charge is 0.366 e. The van der Waals surface area contributed by atoms with Crippen LogP contribution in [0.1, 0.15) is 15.9 Å². The van der Waals surface area contributed by atoms with Gasteiger partial charge in [-0.05, 0) is 18.2 Å². The summed E-state index contributed by atoms with van der Waals surface area (Å²) in [5, 5.41) is 0.878. The lowest BCUT2D eigenvalue weighted by atomic mass is 10.0. The van der Waals surface area contributed by atoms with Gasteiger partial charge >= 0.3 is 0 Å². The predicted molar refractivity (Wildman–Crippen MR) is 93.3 cm³/mol. The number of allylic oxidation sites excluding steroid dienone is 2. The van der Waals surface area contributed by atoms with Crippen LogP contribution in [0.25, 0.3) is 27.9 Å². The first-order valence-corrected chi connectivity index (χ1v) is 7.16. The van der Waals surface area contributed by atoms with Gasteiger partial charge in [0.2, 0.25) is 5.91 Å². The number of fused-ring (bicyclic) bond motifs is 1. The Balaban J connectivity index is 2.14. The first-order chi connectivity index (χ1) is 11.6. The Labute approximate surface area is 138 Å². The minimum absolute atomic E-state index is 0.345. The summed E-state index contributed by atoms with van der Waals surface area (Å²) in [6.07, 6.45) is 10.0. The van der Waals surface area contributed by atoms with Crippen molar-refractivity contribution >= 4 is 22.6 Å². The van der Waals surface area contributed by atoms with Crippen molar-refractivity contribution in [3.8, 4) is 11.1 Å². The number of aromatic amines is 1. The zero-order valence-corrected chi connectivity index (χ0v) is 12.8. The molecule has 0 bridgehead atoms. The van der Waals surface area contributed by atoms with Crippen molar-refractivity contribution in [2.45, 2.75) is 0 Å². The van der Waals surface area contributed by atoms with E-state index in [1.54, 1.807) is 30.6 Å². The van der Waals surface area contributed by atoms with Crippen LogP contribution < -0.4 is 17.0 Å². The summed E-state index contributed by atoms with van der Waals surface area (Å²) in [5.41, 5.74) is 12.2. The molecule has 6 N–H and O–H groups in total. The number of pyridine rings is 2. The Kier molecular flexibility index (Phi) is 4.09. The SMILES string of the molecule is C=C/C=C(\NN)c1c[nH]c2ncc(-c3cncc(C(N)=O)c3)cc12. The highest BCUT2D eigenvalue weighted by molar-refractivity contribution is 5.95. The number of rotatable bonds is 5. The molecule has 7 nitrogen and oxygen atoms in total. The lowest BCUT2D eigenvalue weighted by Gasteiger charge is -2.06. The standard InChI is InChI=1S/C17H16N6O/c1-2-3-15(23-19)14-9-22-17-13(14)5-11(8-21-17)10-4-12(16(18)24)7-20-6-10/h2-9,23H,1,19H2,(H2,18,24)(H,21,22)/b15-3-. The Morgan fingerprint density at radius 2 is 2.04 bits per heavy atom. The molecule has 0 radical (unpaired) electrons. The summed E-state index contributed by atoms with van der Waals surface area (Å²) in [6, 6.07) is 3.64. The number of nitrogens with two attached hydrogens (primary N) is 2. The number of amides is 1. The molecule has 0 unspecified atom stereocenters. The van der Waals surface area contributed by atoms with E-state index in [1.807, 2.05) is 12.3 Å². The monoisotopic (exact) mass is 320 g/mol. The van der Waals surface area contributed by atoms with Crippen LogP contribution in [0.5, 0.6) is 0 Å². The summed E-state index contributed by atoms with van der Waals surface area (Å²) < 4.78 is 0. The molecule has 7 heteroatoms. The van der Waals surface area contributed by atoms with Crippen LogP contribution in [0.15, 0.2) is 55.7 Å². The Hall–Kier alpha value is -3.45. The predicted octanol–water partition coefficient (Wildman–Crippen LogP) is 1.71. The number of nitrogens with zero attached hydrogens (tertiary/aromatic N) is 2. The highest BCUT2D eigenvalue weighted by Gasteiger charge is 2.11. The van der Waals surface area contributed by atoms with E-state index >= 15 is 0 Å². The van der Waals surface area contributed by atoms with Gasteiger partial charge in [-0.3, -0.25) is 15.6 Å². The van der Waals surface area contributed by atoms with E-state index in [2.05, 4.69) is 27.0 Å². The Morgan fingerprint density at radius 1 is 1.25 bits per heavy atom. The van der Waals surface area contributed by atoms with Gasteiger partial charge < -0.3 is 16.1 Å². The van der Waals surface area contributed by atoms with Gasteiger partial charge in [0.25, 0.3) is 0 Å². The number of aromatic nitrogens is 3. The minimum Gasteiger partial charge on any atom is -0.366 e. The van der Waals surface area contributed by atoms with Crippen molar-refractivity contribution in [1.82, 2.24) is 20.4 Å². The molecule has 0 aliphatic rings. The van der Waals surface area contributed by atoms with Crippen molar-refractivity contribution < 1.29 is 4.79 Å². The fourth-order valence-electron chi connectivity index (χ4n) is 2.45. The van der Waals surface area contributed by atoms with Crippen LogP contribution in [0.3, 0.4) is 0 Å². The van der Waals surface area contributed by atoms with Gasteiger partial charge in [0.05, 0.1) is 11.3 Å². The Morgan fingerprint density at radius 3 is 2.75 bits per heavy atom. The van der Waals surface area contributed by atoms with Gasteiger partial charge in [0.1, 0.15) is 5.65 Å². The van der Waals surface area contributed by atoms with Crippen molar-refractivity contribution in [2.24, 2.45) is 11.6 Å². The summed E-state index contributed by atoms with van der Waals surface area (Å²) in [6.45, 7) is 3.68. The number of primary amides is 1. The summed E-state index contributed by atoms with van der Waals surface area (Å²) in [4.78, 5) is 22.9. The Bertz CT molecular complexity index is 957. The van der Waals surface area contributed by atoms with Gasteiger partial charge in [0, 0.05) is 46.9 Å². The topological polar surface area (TPSA) is 123 Å². The molecule has 1 amide bonds. The fourth-order valence-corrected chi connectivity index (χ4v) is 2.45. The van der Waals surface area contributed by atoms with E-state index in [0.29, 0.717) is 11.3 Å². The molecule has 0 atom stereocenters. The molecule has 0 spiro atoms. The first-order valence-electron chi connectivity index (χ1n) is 7.16. The second-order valence-electron chi connectivity index (χ2n) is 5.11. The number of nitrogens with one attached hydrogen (secondary N) is 2. The molecule has 0 saturated carbocycles. The average molecular weight is 320 g/mol. The number of hydrazine groups is 1. The number of hydrogen-bond acceptors (Lipinski definition) is 5. The molecule has 3 aromatic rings. The maximum atomic E-state index is 11.3. The lowest BCUT2D eigenvalue weighted by Crippen LogP contribution is -2.19. The molecule has 24 heavy (non-hydrogen) atoms. The molecule has 0 aliphatic carbocycles. The molecule has 120 valence electrons. The molecule has 3 heterocycles. The van der Waals surface area contributed by atoms with Gasteiger partial charge in [-0.2, -0.15) is 0 Å². The first kappa shape index (κ1) is 15.4. The van der Waals surface area contributed by atoms with Crippen molar-refractivity contribution in [3.05, 3.63) is 66.8 Å². The quantitative estimate of drug-likeness (QED) is 0.324. The van der Waals surface area contributed by atoms with Gasteiger partial charge in [-0.1, -0.05) is 12.7 Å². The number of carbonyl (C=O) groups excluding carboxylic acids is 1. The number of hydrogen-bond donors (Lipinski definition) is 4. The second-order valence-corrected chi connectivity index (χ2v) is 5.11. The second kappa shape index (κ2) is 6.35. The highest BCUT2D eigenvalue weighted by atomic mass is 16.1. The van der Waals surface area contributed by atoms with Crippen LogP contribution in [-0.4, -0.2) is 20.9 Å². The van der Waals surface area contributed by atoms with E-state index < -0.39 is 5.91 Å². The highest BCUT2D eigenvalue weighted by Crippen LogP contribution is 2.27. The molecule has 0 aliphatic heterocycles.